The lowest BCUT2D eigenvalue weighted by Gasteiger charge is -2.27. The maximum atomic E-state index is 6.41. The van der Waals surface area contributed by atoms with E-state index >= 15 is 0 Å². The molecule has 4 heteroatoms. The third-order valence-electron chi connectivity index (χ3n) is 10.1. The van der Waals surface area contributed by atoms with Crippen LogP contribution in [0, 0.1) is 0 Å². The molecule has 0 atom stereocenters. The molecule has 0 N–H and O–H groups in total. The van der Waals surface area contributed by atoms with E-state index in [0.717, 1.165) is 72.0 Å². The number of anilines is 3. The lowest BCUT2D eigenvalue weighted by molar-refractivity contribution is 0.668. The van der Waals surface area contributed by atoms with Crippen LogP contribution in [0.3, 0.4) is 0 Å². The number of furan rings is 2. The second-order valence-corrected chi connectivity index (χ2v) is 12.9. The topological polar surface area (TPSA) is 34.5 Å². The van der Waals surface area contributed by atoms with Crippen LogP contribution in [0.25, 0.3) is 82.1 Å². The highest BCUT2D eigenvalue weighted by atomic mass is 16.3. The molecular formula is C46H28N2O2. The van der Waals surface area contributed by atoms with Crippen molar-refractivity contribution < 1.29 is 8.83 Å². The Morgan fingerprint density at radius 3 is 1.82 bits per heavy atom. The number of hydrogen-bond acceptors (Lipinski definition) is 3. The highest BCUT2D eigenvalue weighted by Crippen LogP contribution is 2.46. The van der Waals surface area contributed by atoms with Crippen LogP contribution in [0.5, 0.6) is 0 Å². The molecule has 0 unspecified atom stereocenters. The third-order valence-corrected chi connectivity index (χ3v) is 10.1. The first-order valence-corrected chi connectivity index (χ1v) is 16.9. The SMILES string of the molecule is c1ccc(-n2c3ccccc3c3cc(N(c4ccc5c(ccc6oc7ccccc7c65)c4)c4cccc5oc6ccccc6c45)ccc32)cc1. The van der Waals surface area contributed by atoms with Crippen molar-refractivity contribution in [3.05, 3.63) is 170 Å². The summed E-state index contributed by atoms with van der Waals surface area (Å²) in [5.74, 6) is 0. The van der Waals surface area contributed by atoms with Crippen molar-refractivity contribution in [2.24, 2.45) is 0 Å². The Kier molecular flexibility index (Phi) is 5.63. The first kappa shape index (κ1) is 27.2. The molecular weight excluding hydrogens is 613 g/mol. The zero-order chi connectivity index (χ0) is 32.8. The van der Waals surface area contributed by atoms with Crippen LogP contribution in [0.15, 0.2) is 179 Å². The first-order valence-electron chi connectivity index (χ1n) is 16.9. The Morgan fingerprint density at radius 1 is 0.380 bits per heavy atom. The zero-order valence-corrected chi connectivity index (χ0v) is 26.9. The Labute approximate surface area is 286 Å². The van der Waals surface area contributed by atoms with Crippen LogP contribution in [0.2, 0.25) is 0 Å². The Balaban J connectivity index is 1.20. The van der Waals surface area contributed by atoms with Gasteiger partial charge < -0.3 is 18.3 Å². The maximum absolute atomic E-state index is 6.41. The van der Waals surface area contributed by atoms with Crippen LogP contribution >= 0.6 is 0 Å². The predicted octanol–water partition coefficient (Wildman–Crippen LogP) is 13.2. The fourth-order valence-corrected chi connectivity index (χ4v) is 8.00. The van der Waals surface area contributed by atoms with Crippen molar-refractivity contribution in [2.45, 2.75) is 0 Å². The Hall–Kier alpha value is -6.78. The fraction of sp³-hybridized carbons (Fsp3) is 0. The van der Waals surface area contributed by atoms with Crippen LogP contribution < -0.4 is 4.90 Å². The smallest absolute Gasteiger partial charge is 0.137 e. The van der Waals surface area contributed by atoms with Crippen LogP contribution in [-0.4, -0.2) is 4.57 Å². The molecule has 0 saturated heterocycles. The summed E-state index contributed by atoms with van der Waals surface area (Å²) in [6, 6.07) is 60.2. The number of fused-ring (bicyclic) bond motifs is 11. The van der Waals surface area contributed by atoms with Gasteiger partial charge in [-0.15, -0.1) is 0 Å². The van der Waals surface area contributed by atoms with Gasteiger partial charge in [0, 0.05) is 44.0 Å². The average Bonchev–Trinajstić information content (AvgIpc) is 3.85. The Morgan fingerprint density at radius 2 is 1.00 bits per heavy atom. The average molecular weight is 641 g/mol. The lowest BCUT2D eigenvalue weighted by Crippen LogP contribution is -2.10. The highest BCUT2D eigenvalue weighted by molar-refractivity contribution is 6.20. The molecule has 11 rings (SSSR count). The third kappa shape index (κ3) is 3.87. The van der Waals surface area contributed by atoms with Crippen molar-refractivity contribution in [3.8, 4) is 5.69 Å². The molecule has 0 amide bonds. The van der Waals surface area contributed by atoms with Crippen molar-refractivity contribution >= 4 is 93.5 Å². The van der Waals surface area contributed by atoms with Crippen molar-refractivity contribution in [2.75, 3.05) is 4.90 Å². The minimum Gasteiger partial charge on any atom is -0.456 e. The van der Waals surface area contributed by atoms with Gasteiger partial charge in [-0.05, 0) is 89.6 Å². The zero-order valence-electron chi connectivity index (χ0n) is 26.9. The standard InChI is InChI=1S/C46H28N2O2/c1-2-11-30(12-3-1)48-38-16-7-4-13-34(38)37-28-32(23-25-39(37)48)47(40-17-10-20-43-46(40)36-15-6-9-19-42(36)49-43)31-22-24-33-29(27-31)21-26-44-45(33)35-14-5-8-18-41(35)50-44/h1-28H. The molecule has 0 fully saturated rings. The van der Waals surface area contributed by atoms with Gasteiger partial charge in [0.2, 0.25) is 0 Å². The molecule has 0 aliphatic carbocycles. The molecule has 0 bridgehead atoms. The number of hydrogen-bond donors (Lipinski definition) is 0. The van der Waals surface area contributed by atoms with Crippen molar-refractivity contribution in [1.82, 2.24) is 4.57 Å². The largest absolute Gasteiger partial charge is 0.456 e. The van der Waals surface area contributed by atoms with E-state index < -0.39 is 0 Å². The minimum atomic E-state index is 0.864. The number of rotatable bonds is 4. The van der Waals surface area contributed by atoms with Gasteiger partial charge in [0.15, 0.2) is 0 Å². The summed E-state index contributed by atoms with van der Waals surface area (Å²) in [5.41, 5.74) is 10.2. The first-order chi connectivity index (χ1) is 24.8. The number of nitrogens with zero attached hydrogens (tertiary/aromatic N) is 2. The number of benzene rings is 8. The van der Waals surface area contributed by atoms with Gasteiger partial charge in [0.1, 0.15) is 22.3 Å². The highest BCUT2D eigenvalue weighted by Gasteiger charge is 2.22. The lowest BCUT2D eigenvalue weighted by atomic mass is 10.0. The van der Waals surface area contributed by atoms with Gasteiger partial charge in [-0.25, -0.2) is 0 Å². The summed E-state index contributed by atoms with van der Waals surface area (Å²) in [5, 5.41) is 9.20. The number of para-hydroxylation sites is 4. The van der Waals surface area contributed by atoms with E-state index in [1.165, 1.54) is 27.2 Å². The second-order valence-electron chi connectivity index (χ2n) is 12.9. The molecule has 4 nitrogen and oxygen atoms in total. The molecule has 0 spiro atoms. The second kappa shape index (κ2) is 10.4. The molecule has 11 aromatic rings. The molecule has 0 radical (unpaired) electrons. The summed E-state index contributed by atoms with van der Waals surface area (Å²) < 4.78 is 15.0. The van der Waals surface area contributed by atoms with E-state index in [1.807, 2.05) is 24.3 Å². The van der Waals surface area contributed by atoms with E-state index in [4.69, 9.17) is 8.83 Å². The van der Waals surface area contributed by atoms with Gasteiger partial charge in [-0.3, -0.25) is 0 Å². The van der Waals surface area contributed by atoms with E-state index in [-0.39, 0.29) is 0 Å². The van der Waals surface area contributed by atoms with Gasteiger partial charge in [-0.2, -0.15) is 0 Å². The van der Waals surface area contributed by atoms with E-state index in [9.17, 15) is 0 Å². The fourth-order valence-electron chi connectivity index (χ4n) is 8.00. The normalized spacial score (nSPS) is 12.0. The van der Waals surface area contributed by atoms with Crippen LogP contribution in [-0.2, 0) is 0 Å². The molecule has 0 aliphatic rings. The summed E-state index contributed by atoms with van der Waals surface area (Å²) in [6.07, 6.45) is 0. The van der Waals surface area contributed by atoms with E-state index in [0.29, 0.717) is 0 Å². The molecule has 8 aromatic carbocycles. The Bertz CT molecular complexity index is 3110. The van der Waals surface area contributed by atoms with Crippen LogP contribution in [0.4, 0.5) is 17.1 Å². The maximum Gasteiger partial charge on any atom is 0.137 e. The van der Waals surface area contributed by atoms with E-state index in [1.54, 1.807) is 0 Å². The van der Waals surface area contributed by atoms with Gasteiger partial charge in [0.25, 0.3) is 0 Å². The summed E-state index contributed by atoms with van der Waals surface area (Å²) in [6.45, 7) is 0. The van der Waals surface area contributed by atoms with E-state index in [2.05, 4.69) is 155 Å². The molecule has 3 aromatic heterocycles. The molecule has 0 aliphatic heterocycles. The quantitative estimate of drug-likeness (QED) is 0.192. The minimum absolute atomic E-state index is 0.864. The predicted molar refractivity (Wildman–Crippen MR) is 208 cm³/mol. The summed E-state index contributed by atoms with van der Waals surface area (Å²) in [4.78, 5) is 2.38. The van der Waals surface area contributed by atoms with Crippen molar-refractivity contribution in [1.29, 1.82) is 0 Å². The molecule has 234 valence electrons. The van der Waals surface area contributed by atoms with Gasteiger partial charge in [-0.1, -0.05) is 91.0 Å². The molecule has 0 saturated carbocycles. The summed E-state index contributed by atoms with van der Waals surface area (Å²) >= 11 is 0. The monoisotopic (exact) mass is 640 g/mol. The number of aromatic nitrogens is 1. The van der Waals surface area contributed by atoms with Crippen LogP contribution in [0.1, 0.15) is 0 Å². The van der Waals surface area contributed by atoms with Gasteiger partial charge in [0.05, 0.1) is 22.1 Å². The van der Waals surface area contributed by atoms with Crippen molar-refractivity contribution in [3.63, 3.8) is 0 Å². The molecule has 3 heterocycles. The van der Waals surface area contributed by atoms with Gasteiger partial charge >= 0.3 is 0 Å². The summed E-state index contributed by atoms with van der Waals surface area (Å²) in [7, 11) is 0. The molecule has 50 heavy (non-hydrogen) atoms.